The van der Waals surface area contributed by atoms with Gasteiger partial charge in [0, 0.05) is 11.8 Å². The van der Waals surface area contributed by atoms with Crippen molar-refractivity contribution in [3.63, 3.8) is 0 Å². The summed E-state index contributed by atoms with van der Waals surface area (Å²) in [6.45, 7) is 0. The standard InChI is InChI=1S/C13H10F3NO2/c1-19-9-3-2-6-17-12(9)13(18)7-4-5-8(14)11(16)10(7)15/h2-6,13,18H,1H3. The summed E-state index contributed by atoms with van der Waals surface area (Å²) in [6, 6.07) is 4.79. The van der Waals surface area contributed by atoms with E-state index in [1.54, 1.807) is 6.07 Å². The number of methoxy groups -OCH3 is 1. The van der Waals surface area contributed by atoms with E-state index in [0.717, 1.165) is 12.1 Å². The molecule has 0 fully saturated rings. The molecule has 0 aliphatic heterocycles. The van der Waals surface area contributed by atoms with Crippen molar-refractivity contribution in [2.45, 2.75) is 6.10 Å². The van der Waals surface area contributed by atoms with Crippen molar-refractivity contribution in [3.05, 3.63) is 59.2 Å². The van der Waals surface area contributed by atoms with Gasteiger partial charge in [0.15, 0.2) is 17.5 Å². The second-order valence-electron chi connectivity index (χ2n) is 3.76. The fourth-order valence-corrected chi connectivity index (χ4v) is 1.68. The third kappa shape index (κ3) is 2.39. The van der Waals surface area contributed by atoms with Gasteiger partial charge in [0.05, 0.1) is 7.11 Å². The fourth-order valence-electron chi connectivity index (χ4n) is 1.68. The minimum Gasteiger partial charge on any atom is -0.495 e. The number of aromatic nitrogens is 1. The van der Waals surface area contributed by atoms with Gasteiger partial charge in [-0.25, -0.2) is 13.2 Å². The summed E-state index contributed by atoms with van der Waals surface area (Å²) in [7, 11) is 1.36. The first-order valence-corrected chi connectivity index (χ1v) is 5.36. The molecule has 1 aromatic carbocycles. The quantitative estimate of drug-likeness (QED) is 0.871. The van der Waals surface area contributed by atoms with Crippen LogP contribution in [0.25, 0.3) is 0 Å². The topological polar surface area (TPSA) is 42.4 Å². The zero-order valence-corrected chi connectivity index (χ0v) is 9.90. The van der Waals surface area contributed by atoms with Gasteiger partial charge in [0.2, 0.25) is 0 Å². The van der Waals surface area contributed by atoms with Gasteiger partial charge in [-0.1, -0.05) is 0 Å². The Morgan fingerprint density at radius 1 is 1.16 bits per heavy atom. The van der Waals surface area contributed by atoms with E-state index in [2.05, 4.69) is 4.98 Å². The number of hydrogen-bond donors (Lipinski definition) is 1. The number of aliphatic hydroxyl groups excluding tert-OH is 1. The van der Waals surface area contributed by atoms with E-state index in [9.17, 15) is 18.3 Å². The summed E-state index contributed by atoms with van der Waals surface area (Å²) in [5.74, 6) is -4.17. The summed E-state index contributed by atoms with van der Waals surface area (Å²) in [5.41, 5.74) is -0.384. The molecule has 2 rings (SSSR count). The molecule has 19 heavy (non-hydrogen) atoms. The molecule has 100 valence electrons. The van der Waals surface area contributed by atoms with Gasteiger partial charge < -0.3 is 9.84 Å². The monoisotopic (exact) mass is 269 g/mol. The highest BCUT2D eigenvalue weighted by Gasteiger charge is 2.23. The van der Waals surface area contributed by atoms with E-state index >= 15 is 0 Å². The molecule has 1 heterocycles. The van der Waals surface area contributed by atoms with Crippen molar-refractivity contribution in [2.24, 2.45) is 0 Å². The molecule has 1 atom stereocenters. The lowest BCUT2D eigenvalue weighted by Crippen LogP contribution is -2.08. The summed E-state index contributed by atoms with van der Waals surface area (Å²) < 4.78 is 44.5. The van der Waals surface area contributed by atoms with E-state index in [-0.39, 0.29) is 11.4 Å². The number of halogens is 3. The number of hydrogen-bond acceptors (Lipinski definition) is 3. The molecule has 0 radical (unpaired) electrons. The number of rotatable bonds is 3. The molecular formula is C13H10F3NO2. The zero-order chi connectivity index (χ0) is 14.0. The lowest BCUT2D eigenvalue weighted by Gasteiger charge is -2.14. The molecule has 1 aromatic heterocycles. The molecule has 2 aromatic rings. The Labute approximate surface area is 107 Å². The van der Waals surface area contributed by atoms with Crippen molar-refractivity contribution in [2.75, 3.05) is 7.11 Å². The van der Waals surface area contributed by atoms with Crippen LogP contribution in [0.1, 0.15) is 17.4 Å². The average molecular weight is 269 g/mol. The lowest BCUT2D eigenvalue weighted by atomic mass is 10.0. The van der Waals surface area contributed by atoms with Crippen molar-refractivity contribution in [1.29, 1.82) is 0 Å². The van der Waals surface area contributed by atoms with Crippen LogP contribution in [0.4, 0.5) is 13.2 Å². The second kappa shape index (κ2) is 5.27. The molecular weight excluding hydrogens is 259 g/mol. The Morgan fingerprint density at radius 3 is 2.58 bits per heavy atom. The first kappa shape index (κ1) is 13.4. The smallest absolute Gasteiger partial charge is 0.194 e. The Hall–Kier alpha value is -2.08. The van der Waals surface area contributed by atoms with Crippen LogP contribution in [-0.2, 0) is 0 Å². The van der Waals surface area contributed by atoms with Gasteiger partial charge in [0.1, 0.15) is 17.5 Å². The van der Waals surface area contributed by atoms with Crippen LogP contribution in [0, 0.1) is 17.5 Å². The number of benzene rings is 1. The molecule has 0 amide bonds. The Morgan fingerprint density at radius 2 is 1.89 bits per heavy atom. The van der Waals surface area contributed by atoms with Crippen molar-refractivity contribution in [1.82, 2.24) is 4.98 Å². The molecule has 0 aliphatic carbocycles. The molecule has 1 unspecified atom stereocenters. The molecule has 0 aliphatic rings. The molecule has 0 spiro atoms. The maximum absolute atomic E-state index is 13.6. The highest BCUT2D eigenvalue weighted by Crippen LogP contribution is 2.30. The number of nitrogens with zero attached hydrogens (tertiary/aromatic N) is 1. The largest absolute Gasteiger partial charge is 0.495 e. The number of aliphatic hydroxyl groups is 1. The van der Waals surface area contributed by atoms with Crippen molar-refractivity contribution >= 4 is 0 Å². The summed E-state index contributed by atoms with van der Waals surface area (Å²) in [5, 5.41) is 10.0. The van der Waals surface area contributed by atoms with Gasteiger partial charge in [-0.2, -0.15) is 0 Å². The predicted molar refractivity (Wildman–Crippen MR) is 61.2 cm³/mol. The Balaban J connectivity index is 2.50. The van der Waals surface area contributed by atoms with Gasteiger partial charge in [0.25, 0.3) is 0 Å². The van der Waals surface area contributed by atoms with E-state index < -0.39 is 29.1 Å². The molecule has 6 heteroatoms. The Bertz CT molecular complexity index is 604. The number of pyridine rings is 1. The van der Waals surface area contributed by atoms with Crippen LogP contribution < -0.4 is 4.74 Å². The molecule has 0 saturated heterocycles. The molecule has 0 saturated carbocycles. The normalized spacial score (nSPS) is 12.3. The summed E-state index contributed by atoms with van der Waals surface area (Å²) in [6.07, 6.45) is -0.176. The molecule has 3 nitrogen and oxygen atoms in total. The van der Waals surface area contributed by atoms with E-state index in [4.69, 9.17) is 4.74 Å². The van der Waals surface area contributed by atoms with Crippen molar-refractivity contribution in [3.8, 4) is 5.75 Å². The van der Waals surface area contributed by atoms with Gasteiger partial charge in [-0.3, -0.25) is 4.98 Å². The van der Waals surface area contributed by atoms with E-state index in [1.165, 1.54) is 19.4 Å². The van der Waals surface area contributed by atoms with Gasteiger partial charge >= 0.3 is 0 Å². The fraction of sp³-hybridized carbons (Fsp3) is 0.154. The minimum atomic E-state index is -1.63. The average Bonchev–Trinajstić information content (AvgIpc) is 2.44. The highest BCUT2D eigenvalue weighted by atomic mass is 19.2. The highest BCUT2D eigenvalue weighted by molar-refractivity contribution is 5.36. The molecule has 0 bridgehead atoms. The molecule has 1 N–H and O–H groups in total. The Kier molecular flexibility index (Phi) is 3.71. The maximum atomic E-state index is 13.6. The first-order valence-electron chi connectivity index (χ1n) is 5.36. The maximum Gasteiger partial charge on any atom is 0.194 e. The van der Waals surface area contributed by atoms with E-state index in [0.29, 0.717) is 0 Å². The SMILES string of the molecule is COc1cccnc1C(O)c1ccc(F)c(F)c1F. The van der Waals surface area contributed by atoms with Crippen LogP contribution in [-0.4, -0.2) is 17.2 Å². The zero-order valence-electron chi connectivity index (χ0n) is 9.90. The summed E-state index contributed by atoms with van der Waals surface area (Å²) >= 11 is 0. The lowest BCUT2D eigenvalue weighted by molar-refractivity contribution is 0.202. The van der Waals surface area contributed by atoms with Gasteiger partial charge in [-0.05, 0) is 24.3 Å². The third-order valence-electron chi connectivity index (χ3n) is 2.64. The summed E-state index contributed by atoms with van der Waals surface area (Å²) in [4.78, 5) is 3.86. The third-order valence-corrected chi connectivity index (χ3v) is 2.64. The predicted octanol–water partition coefficient (Wildman–Crippen LogP) is 2.59. The van der Waals surface area contributed by atoms with Crippen LogP contribution in [0.3, 0.4) is 0 Å². The van der Waals surface area contributed by atoms with Crippen LogP contribution in [0.2, 0.25) is 0 Å². The number of ether oxygens (including phenoxy) is 1. The first-order chi connectivity index (χ1) is 9.06. The van der Waals surface area contributed by atoms with E-state index in [1.807, 2.05) is 0 Å². The van der Waals surface area contributed by atoms with Crippen LogP contribution in [0.15, 0.2) is 30.5 Å². The van der Waals surface area contributed by atoms with Crippen LogP contribution >= 0.6 is 0 Å². The van der Waals surface area contributed by atoms with Crippen LogP contribution in [0.5, 0.6) is 5.75 Å². The van der Waals surface area contributed by atoms with Gasteiger partial charge in [-0.15, -0.1) is 0 Å². The van der Waals surface area contributed by atoms with Crippen molar-refractivity contribution < 1.29 is 23.0 Å². The second-order valence-corrected chi connectivity index (χ2v) is 3.76. The minimum absolute atomic E-state index is 0.0231.